The fourth-order valence-corrected chi connectivity index (χ4v) is 0.610. The number of likely N-dealkylation sites (tertiary alicyclic amines) is 1. The minimum Gasteiger partial charge on any atom is -0.369 e. The van der Waals surface area contributed by atoms with Crippen LogP contribution in [-0.2, 0) is 4.79 Å². The van der Waals surface area contributed by atoms with Crippen LogP contribution in [0.5, 0.6) is 0 Å². The lowest BCUT2D eigenvalue weighted by Gasteiger charge is -2.12. The number of aliphatic hydroxyl groups is 1. The van der Waals surface area contributed by atoms with Gasteiger partial charge in [-0.2, -0.15) is 0 Å². The zero-order valence-electron chi connectivity index (χ0n) is 9.38. The summed E-state index contributed by atoms with van der Waals surface area (Å²) in [5.74, 6) is 0.472. The third kappa shape index (κ3) is 0.775. The summed E-state index contributed by atoms with van der Waals surface area (Å²) in [6.45, 7) is -2.62. The van der Waals surface area contributed by atoms with Crippen molar-refractivity contribution < 1.29 is 15.4 Å². The smallest absolute Gasteiger partial charge is 0.267 e. The number of hydrogen-bond acceptors (Lipinski definition) is 2. The number of nitrogens with zero attached hydrogens (tertiary/aromatic N) is 1. The number of amides is 1. The monoisotopic (exact) mass is 143 g/mol. The zero-order valence-corrected chi connectivity index (χ0v) is 5.38. The van der Waals surface area contributed by atoms with Crippen molar-refractivity contribution >= 4 is 5.91 Å². The second kappa shape index (κ2) is 1.99. The van der Waals surface area contributed by atoms with Crippen LogP contribution < -0.4 is 0 Å². The molecule has 0 aromatic rings. The third-order valence-corrected chi connectivity index (χ3v) is 1.23. The second-order valence-electron chi connectivity index (χ2n) is 1.96. The Morgan fingerprint density at radius 2 is 2.70 bits per heavy atom. The molecule has 3 heteroatoms. The molecule has 1 fully saturated rings. The molecule has 0 unspecified atom stereocenters. The van der Waals surface area contributed by atoms with E-state index in [0.29, 0.717) is 4.90 Å². The molecule has 0 saturated carbocycles. The van der Waals surface area contributed by atoms with Gasteiger partial charge in [0.1, 0.15) is 0 Å². The normalized spacial score (nSPS) is 48.5. The Kier molecular flexibility index (Phi) is 0.678. The molecule has 0 bridgehead atoms. The topological polar surface area (TPSA) is 40.5 Å². The minimum absolute atomic E-state index is 0.479. The quantitative estimate of drug-likeness (QED) is 0.452. The molecule has 1 aliphatic heterocycles. The average Bonchev–Trinajstić information content (AvgIpc) is 2.19. The summed E-state index contributed by atoms with van der Waals surface area (Å²) in [4.78, 5) is 11.8. The van der Waals surface area contributed by atoms with Crippen LogP contribution in [0.3, 0.4) is 0 Å². The van der Waals surface area contributed by atoms with Crippen molar-refractivity contribution in [1.29, 1.82) is 0 Å². The van der Waals surface area contributed by atoms with Crippen LogP contribution in [0.15, 0.2) is 0 Å². The van der Waals surface area contributed by atoms with Crippen molar-refractivity contribution in [2.45, 2.75) is 12.0 Å². The van der Waals surface area contributed by atoms with E-state index in [9.17, 15) is 9.90 Å². The standard InChI is InChI=1S/C7H9NO2/c1-3-7(10)4-5-8(2)6(7)9/h1,10H,4-5H2,2H3/t7-/m1/s1/i4D2,5D2. The Morgan fingerprint density at radius 3 is 2.90 bits per heavy atom. The van der Waals surface area contributed by atoms with Crippen molar-refractivity contribution in [2.75, 3.05) is 13.5 Å². The molecule has 1 atom stereocenters. The Bertz CT molecular complexity index is 335. The highest BCUT2D eigenvalue weighted by atomic mass is 16.3. The summed E-state index contributed by atoms with van der Waals surface area (Å²) < 4.78 is 29.3. The van der Waals surface area contributed by atoms with Crippen LogP contribution in [0.2, 0.25) is 0 Å². The first kappa shape index (κ1) is 3.40. The van der Waals surface area contributed by atoms with Crippen LogP contribution in [0.25, 0.3) is 0 Å². The summed E-state index contributed by atoms with van der Waals surface area (Å²) in [6, 6.07) is 0. The van der Waals surface area contributed by atoms with E-state index < -0.39 is 24.4 Å². The van der Waals surface area contributed by atoms with E-state index in [2.05, 4.69) is 0 Å². The van der Waals surface area contributed by atoms with Crippen molar-refractivity contribution in [3.05, 3.63) is 0 Å². The summed E-state index contributed by atoms with van der Waals surface area (Å²) in [5.41, 5.74) is -2.73. The molecular weight excluding hydrogens is 130 g/mol. The maximum absolute atomic E-state index is 11.3. The lowest BCUT2D eigenvalue weighted by atomic mass is 10.1. The summed E-state index contributed by atoms with van der Waals surface area (Å²) in [7, 11) is 1.05. The van der Waals surface area contributed by atoms with E-state index >= 15 is 0 Å². The molecule has 1 saturated heterocycles. The van der Waals surface area contributed by atoms with Gasteiger partial charge in [-0.05, 0) is 0 Å². The van der Waals surface area contributed by atoms with Gasteiger partial charge in [0.2, 0.25) is 5.60 Å². The van der Waals surface area contributed by atoms with Crippen LogP contribution >= 0.6 is 0 Å². The highest BCUT2D eigenvalue weighted by Gasteiger charge is 2.41. The van der Waals surface area contributed by atoms with Crippen molar-refractivity contribution in [2.24, 2.45) is 0 Å². The maximum Gasteiger partial charge on any atom is 0.267 e. The lowest BCUT2D eigenvalue weighted by molar-refractivity contribution is -0.137. The summed E-state index contributed by atoms with van der Waals surface area (Å²) >= 11 is 0. The molecule has 1 aliphatic rings. The van der Waals surface area contributed by atoms with E-state index in [4.69, 9.17) is 11.9 Å². The maximum atomic E-state index is 11.3. The fourth-order valence-electron chi connectivity index (χ4n) is 0.610. The molecule has 10 heavy (non-hydrogen) atoms. The van der Waals surface area contributed by atoms with Crippen molar-refractivity contribution in [3.8, 4) is 12.3 Å². The van der Waals surface area contributed by atoms with Gasteiger partial charge in [0, 0.05) is 25.4 Å². The number of carbonyl (C=O) groups is 1. The Morgan fingerprint density at radius 1 is 2.10 bits per heavy atom. The number of likely N-dealkylation sites (N-methyl/N-ethyl adjacent to an activating group) is 1. The average molecular weight is 143 g/mol. The third-order valence-electron chi connectivity index (χ3n) is 1.23. The molecule has 0 aromatic carbocycles. The fraction of sp³-hybridized carbons (Fsp3) is 0.571. The highest BCUT2D eigenvalue weighted by molar-refractivity contribution is 5.90. The summed E-state index contributed by atoms with van der Waals surface area (Å²) in [6.07, 6.45) is 2.03. The Hall–Kier alpha value is -1.01. The van der Waals surface area contributed by atoms with E-state index in [1.54, 1.807) is 5.92 Å². The number of rotatable bonds is 0. The Balaban J connectivity index is 3.42. The molecule has 0 radical (unpaired) electrons. The first-order chi connectivity index (χ1) is 6.13. The number of carbonyl (C=O) groups excluding carboxylic acids is 1. The molecule has 1 rings (SSSR count). The van der Waals surface area contributed by atoms with Crippen LogP contribution in [0.4, 0.5) is 0 Å². The first-order valence-electron chi connectivity index (χ1n) is 4.61. The van der Waals surface area contributed by atoms with Crippen LogP contribution in [-0.4, -0.2) is 35.1 Å². The number of terminal acetylenes is 1. The second-order valence-corrected chi connectivity index (χ2v) is 1.96. The molecule has 0 aliphatic carbocycles. The zero-order chi connectivity index (χ0) is 11.4. The Labute approximate surface area is 65.3 Å². The molecule has 1 N–H and O–H groups in total. The van der Waals surface area contributed by atoms with Crippen molar-refractivity contribution in [3.63, 3.8) is 0 Å². The van der Waals surface area contributed by atoms with Crippen LogP contribution in [0, 0.1) is 12.3 Å². The summed E-state index contributed by atoms with van der Waals surface area (Å²) in [5, 5.41) is 9.56. The molecule has 1 amide bonds. The van der Waals surface area contributed by atoms with Gasteiger partial charge in [0.05, 0.1) is 0 Å². The first-order valence-corrected chi connectivity index (χ1v) is 2.61. The highest BCUT2D eigenvalue weighted by Crippen LogP contribution is 2.19. The SMILES string of the molecule is [2H]C1([2H])N(C)C(=O)[C@@](O)(C#C)C1([2H])[2H]. The van der Waals surface area contributed by atoms with Gasteiger partial charge in [0.15, 0.2) is 0 Å². The van der Waals surface area contributed by atoms with Crippen molar-refractivity contribution in [1.82, 2.24) is 4.90 Å². The van der Waals surface area contributed by atoms with Gasteiger partial charge in [-0.15, -0.1) is 6.42 Å². The van der Waals surface area contributed by atoms with Crippen LogP contribution in [0.1, 0.15) is 11.9 Å². The van der Waals surface area contributed by atoms with E-state index in [-0.39, 0.29) is 0 Å². The lowest BCUT2D eigenvalue weighted by Crippen LogP contribution is -2.36. The van der Waals surface area contributed by atoms with Gasteiger partial charge < -0.3 is 10.0 Å². The van der Waals surface area contributed by atoms with Gasteiger partial charge >= 0.3 is 0 Å². The molecule has 54 valence electrons. The van der Waals surface area contributed by atoms with E-state index in [0.717, 1.165) is 7.05 Å². The van der Waals surface area contributed by atoms with Gasteiger partial charge in [-0.25, -0.2) is 0 Å². The predicted molar refractivity (Wildman–Crippen MR) is 36.0 cm³/mol. The van der Waals surface area contributed by atoms with E-state index in [1.165, 1.54) is 0 Å². The van der Waals surface area contributed by atoms with E-state index in [1.807, 2.05) is 0 Å². The minimum atomic E-state index is -2.83. The van der Waals surface area contributed by atoms with Gasteiger partial charge in [-0.3, -0.25) is 4.79 Å². The predicted octanol–water partition coefficient (Wildman–Crippen LogP) is -0.787. The van der Waals surface area contributed by atoms with Gasteiger partial charge in [-0.1, -0.05) is 5.92 Å². The molecule has 1 heterocycles. The molecular formula is C7H9NO2. The largest absolute Gasteiger partial charge is 0.369 e. The number of hydrogen-bond donors (Lipinski definition) is 1. The molecule has 0 aromatic heterocycles. The molecule has 0 spiro atoms. The molecule has 3 nitrogen and oxygen atoms in total. The van der Waals surface area contributed by atoms with Gasteiger partial charge in [0.25, 0.3) is 5.91 Å².